The van der Waals surface area contributed by atoms with Crippen molar-refractivity contribution in [1.82, 2.24) is 4.98 Å². The summed E-state index contributed by atoms with van der Waals surface area (Å²) in [6, 6.07) is 1.49. The fourth-order valence-electron chi connectivity index (χ4n) is 1.44. The van der Waals surface area contributed by atoms with E-state index in [1.165, 1.54) is 31.7 Å². The average molecular weight is 286 g/mol. The van der Waals surface area contributed by atoms with Gasteiger partial charge in [0.2, 0.25) is 0 Å². The van der Waals surface area contributed by atoms with E-state index in [4.69, 9.17) is 0 Å². The molecule has 1 nitrogen and oxygen atoms in total. The molecule has 88 valence electrons. The van der Waals surface area contributed by atoms with E-state index in [-0.39, 0.29) is 10.4 Å². The van der Waals surface area contributed by atoms with Crippen LogP contribution in [0.2, 0.25) is 0 Å². The third kappa shape index (κ3) is 4.88. The highest BCUT2D eigenvalue weighted by atomic mass is 79.9. The zero-order valence-corrected chi connectivity index (χ0v) is 11.1. The second-order valence-corrected chi connectivity index (χ2v) is 4.54. The van der Waals surface area contributed by atoms with Gasteiger partial charge >= 0.3 is 0 Å². The number of unbranched alkanes of at least 4 members (excludes halogenated alkanes) is 4. The Kier molecular flexibility index (Phi) is 6.31. The Balaban J connectivity index is 2.35. The molecular formula is C13H17BrFN. The van der Waals surface area contributed by atoms with Gasteiger partial charge in [-0.25, -0.2) is 9.37 Å². The van der Waals surface area contributed by atoms with Crippen molar-refractivity contribution in [2.45, 2.75) is 39.0 Å². The molecule has 0 unspecified atom stereocenters. The fraction of sp³-hybridized carbons (Fsp3) is 0.462. The topological polar surface area (TPSA) is 12.9 Å². The van der Waals surface area contributed by atoms with E-state index in [2.05, 4.69) is 33.9 Å². The lowest BCUT2D eigenvalue weighted by atomic mass is 10.1. The SMILES string of the molecule is CCCCCC/C=C/c1cnc(Br)c(F)c1. The molecule has 0 saturated carbocycles. The summed E-state index contributed by atoms with van der Waals surface area (Å²) >= 11 is 3.03. The summed E-state index contributed by atoms with van der Waals surface area (Å²) in [7, 11) is 0. The highest BCUT2D eigenvalue weighted by Gasteiger charge is 1.98. The number of hydrogen-bond acceptors (Lipinski definition) is 1. The molecule has 1 aromatic rings. The molecule has 0 N–H and O–H groups in total. The predicted octanol–water partition coefficient (Wildman–Crippen LogP) is 4.97. The van der Waals surface area contributed by atoms with Crippen LogP contribution in [-0.4, -0.2) is 4.98 Å². The second-order valence-electron chi connectivity index (χ2n) is 3.79. The van der Waals surface area contributed by atoms with Crippen molar-refractivity contribution < 1.29 is 4.39 Å². The lowest BCUT2D eigenvalue weighted by Crippen LogP contribution is -1.84. The van der Waals surface area contributed by atoms with E-state index in [1.54, 1.807) is 6.20 Å². The van der Waals surface area contributed by atoms with Crippen molar-refractivity contribution in [3.63, 3.8) is 0 Å². The minimum Gasteiger partial charge on any atom is -0.246 e. The van der Waals surface area contributed by atoms with Crippen LogP contribution in [0.5, 0.6) is 0 Å². The molecule has 0 fully saturated rings. The maximum atomic E-state index is 13.1. The van der Waals surface area contributed by atoms with Crippen LogP contribution >= 0.6 is 15.9 Å². The number of pyridine rings is 1. The van der Waals surface area contributed by atoms with Crippen LogP contribution in [-0.2, 0) is 0 Å². The predicted molar refractivity (Wildman–Crippen MR) is 69.7 cm³/mol. The molecule has 0 aliphatic rings. The molecule has 0 aliphatic carbocycles. The summed E-state index contributed by atoms with van der Waals surface area (Å²) < 4.78 is 13.4. The molecule has 0 spiro atoms. The standard InChI is InChI=1S/C13H17BrFN/c1-2-3-4-5-6-7-8-11-9-12(15)13(14)16-10-11/h7-10H,2-6H2,1H3/b8-7+. The minimum atomic E-state index is -0.312. The molecule has 0 bridgehead atoms. The Morgan fingerprint density at radius 2 is 2.19 bits per heavy atom. The van der Waals surface area contributed by atoms with Gasteiger partial charge in [-0.05, 0) is 40.4 Å². The van der Waals surface area contributed by atoms with E-state index in [0.29, 0.717) is 0 Å². The molecule has 0 amide bonds. The quantitative estimate of drug-likeness (QED) is 0.531. The zero-order chi connectivity index (χ0) is 11.8. The molecule has 0 aliphatic heterocycles. The highest BCUT2D eigenvalue weighted by Crippen LogP contribution is 2.14. The van der Waals surface area contributed by atoms with Crippen LogP contribution in [0.25, 0.3) is 6.08 Å². The molecule has 1 aromatic heterocycles. The van der Waals surface area contributed by atoms with Crippen LogP contribution < -0.4 is 0 Å². The smallest absolute Gasteiger partial charge is 0.156 e. The van der Waals surface area contributed by atoms with Gasteiger partial charge in [-0.3, -0.25) is 0 Å². The first-order valence-corrected chi connectivity index (χ1v) is 6.51. The molecule has 0 radical (unpaired) electrons. The zero-order valence-electron chi connectivity index (χ0n) is 9.55. The Bertz CT molecular complexity index is 350. The molecule has 0 saturated heterocycles. The third-order valence-electron chi connectivity index (χ3n) is 2.35. The van der Waals surface area contributed by atoms with Gasteiger partial charge in [-0.15, -0.1) is 0 Å². The van der Waals surface area contributed by atoms with Crippen LogP contribution in [0.3, 0.4) is 0 Å². The van der Waals surface area contributed by atoms with Crippen LogP contribution in [0.4, 0.5) is 4.39 Å². The van der Waals surface area contributed by atoms with Crippen LogP contribution in [0.1, 0.15) is 44.6 Å². The Labute approximate surface area is 105 Å². The van der Waals surface area contributed by atoms with Crippen LogP contribution in [0.15, 0.2) is 22.9 Å². The van der Waals surface area contributed by atoms with E-state index < -0.39 is 0 Å². The minimum absolute atomic E-state index is 0.271. The maximum absolute atomic E-state index is 13.1. The largest absolute Gasteiger partial charge is 0.246 e. The van der Waals surface area contributed by atoms with Gasteiger partial charge in [0.25, 0.3) is 0 Å². The Morgan fingerprint density at radius 3 is 2.88 bits per heavy atom. The average Bonchev–Trinajstić information content (AvgIpc) is 2.28. The van der Waals surface area contributed by atoms with Crippen LogP contribution in [0, 0.1) is 5.82 Å². The molecule has 16 heavy (non-hydrogen) atoms. The van der Waals surface area contributed by atoms with Gasteiger partial charge in [-0.1, -0.05) is 38.3 Å². The summed E-state index contributed by atoms with van der Waals surface area (Å²) in [5, 5.41) is 0. The second kappa shape index (κ2) is 7.55. The van der Waals surface area contributed by atoms with Crippen molar-refractivity contribution >= 4 is 22.0 Å². The number of allylic oxidation sites excluding steroid dienone is 1. The van der Waals surface area contributed by atoms with Gasteiger partial charge in [0.05, 0.1) is 0 Å². The van der Waals surface area contributed by atoms with Crippen molar-refractivity contribution in [3.05, 3.63) is 34.3 Å². The van der Waals surface area contributed by atoms with E-state index in [1.807, 2.05) is 6.08 Å². The number of hydrogen-bond donors (Lipinski definition) is 0. The van der Waals surface area contributed by atoms with Crippen molar-refractivity contribution in [3.8, 4) is 0 Å². The number of halogens is 2. The van der Waals surface area contributed by atoms with E-state index in [9.17, 15) is 4.39 Å². The summed E-state index contributed by atoms with van der Waals surface area (Å²) in [6.45, 7) is 2.20. The first-order chi connectivity index (χ1) is 7.74. The van der Waals surface area contributed by atoms with Gasteiger partial charge in [0.1, 0.15) is 4.60 Å². The summed E-state index contributed by atoms with van der Waals surface area (Å²) in [6.07, 6.45) is 11.8. The van der Waals surface area contributed by atoms with E-state index >= 15 is 0 Å². The van der Waals surface area contributed by atoms with Gasteiger partial charge < -0.3 is 0 Å². The summed E-state index contributed by atoms with van der Waals surface area (Å²) in [5.74, 6) is -0.312. The van der Waals surface area contributed by atoms with E-state index in [0.717, 1.165) is 12.0 Å². The molecule has 0 atom stereocenters. The maximum Gasteiger partial charge on any atom is 0.156 e. The highest BCUT2D eigenvalue weighted by molar-refractivity contribution is 9.10. The fourth-order valence-corrected chi connectivity index (χ4v) is 1.65. The summed E-state index contributed by atoms with van der Waals surface area (Å²) in [4.78, 5) is 3.90. The van der Waals surface area contributed by atoms with Crippen molar-refractivity contribution in [2.24, 2.45) is 0 Å². The number of rotatable bonds is 6. The van der Waals surface area contributed by atoms with Gasteiger partial charge in [0, 0.05) is 6.20 Å². The number of aromatic nitrogens is 1. The molecular weight excluding hydrogens is 269 g/mol. The molecule has 1 heterocycles. The van der Waals surface area contributed by atoms with Crippen molar-refractivity contribution in [1.29, 1.82) is 0 Å². The monoisotopic (exact) mass is 285 g/mol. The first kappa shape index (κ1) is 13.4. The third-order valence-corrected chi connectivity index (χ3v) is 2.94. The molecule has 0 aromatic carbocycles. The number of nitrogens with zero attached hydrogens (tertiary/aromatic N) is 1. The molecule has 1 rings (SSSR count). The first-order valence-electron chi connectivity index (χ1n) is 5.71. The van der Waals surface area contributed by atoms with Gasteiger partial charge in [0.15, 0.2) is 5.82 Å². The van der Waals surface area contributed by atoms with Crippen molar-refractivity contribution in [2.75, 3.05) is 0 Å². The lowest BCUT2D eigenvalue weighted by molar-refractivity contribution is 0.612. The summed E-state index contributed by atoms with van der Waals surface area (Å²) in [5.41, 5.74) is 0.816. The normalized spacial score (nSPS) is 11.2. The van der Waals surface area contributed by atoms with Gasteiger partial charge in [-0.2, -0.15) is 0 Å². The Hall–Kier alpha value is -0.700. The molecule has 3 heteroatoms. The Morgan fingerprint density at radius 1 is 1.38 bits per heavy atom. The lowest BCUT2D eigenvalue weighted by Gasteiger charge is -1.96.